The molecule has 5 fully saturated rings. The predicted octanol–water partition coefficient (Wildman–Crippen LogP) is 0.207. The highest BCUT2D eigenvalue weighted by Gasteiger charge is 2.52. The maximum absolute atomic E-state index is 12.9. The van der Waals surface area contributed by atoms with E-state index in [2.05, 4.69) is 12.2 Å². The van der Waals surface area contributed by atoms with Gasteiger partial charge in [0.1, 0.15) is 0 Å². The monoisotopic (exact) mass is 334 g/mol. The number of rotatable bonds is 3. The fraction of sp³-hybridized carbons (Fsp3) is 0.895. The van der Waals surface area contributed by atoms with E-state index < -0.39 is 0 Å². The molecule has 4 aliphatic carbocycles. The minimum Gasteiger partial charge on any atom is -0.345 e. The molecule has 1 heterocycles. The van der Waals surface area contributed by atoms with E-state index in [4.69, 9.17) is 0 Å². The summed E-state index contributed by atoms with van der Waals surface area (Å²) in [4.78, 5) is 27.6. The molecule has 2 amide bonds. The van der Waals surface area contributed by atoms with Crippen molar-refractivity contribution in [2.45, 2.75) is 64.0 Å². The highest BCUT2D eigenvalue weighted by molar-refractivity contribution is 5.81. The average Bonchev–Trinajstić information content (AvgIpc) is 2.52. The molecule has 4 saturated carbocycles. The Morgan fingerprint density at radius 2 is 1.54 bits per heavy atom. The zero-order valence-electron chi connectivity index (χ0n) is 15.1. The van der Waals surface area contributed by atoms with Gasteiger partial charge in [0.2, 0.25) is 5.91 Å². The molecule has 0 aromatic rings. The van der Waals surface area contributed by atoms with Crippen LogP contribution in [0.15, 0.2) is 0 Å². The Balaban J connectivity index is 1.35. The minimum atomic E-state index is -0.00730. The van der Waals surface area contributed by atoms with E-state index in [1.165, 1.54) is 43.4 Å². The Bertz CT molecular complexity index is 489. The van der Waals surface area contributed by atoms with Crippen molar-refractivity contribution in [2.75, 3.05) is 26.2 Å². The Kier molecular flexibility index (Phi) is 4.10. The Morgan fingerprint density at radius 3 is 2.00 bits per heavy atom. The van der Waals surface area contributed by atoms with E-state index in [-0.39, 0.29) is 23.4 Å². The molecule has 0 aromatic carbocycles. The molecule has 5 nitrogen and oxygen atoms in total. The summed E-state index contributed by atoms with van der Waals surface area (Å²) in [5.74, 6) is 2.97. The lowest BCUT2D eigenvalue weighted by molar-refractivity contribution is -0.918. The van der Waals surface area contributed by atoms with Crippen LogP contribution in [-0.4, -0.2) is 54.5 Å². The van der Waals surface area contributed by atoms with Crippen LogP contribution in [0, 0.1) is 17.8 Å². The van der Waals surface area contributed by atoms with Crippen LogP contribution < -0.4 is 10.2 Å². The second-order valence-electron chi connectivity index (χ2n) is 9.07. The normalized spacial score (nSPS) is 39.8. The van der Waals surface area contributed by atoms with Gasteiger partial charge in [-0.25, -0.2) is 0 Å². The molecule has 5 rings (SSSR count). The van der Waals surface area contributed by atoms with Gasteiger partial charge < -0.3 is 15.1 Å². The van der Waals surface area contributed by atoms with E-state index >= 15 is 0 Å². The zero-order valence-corrected chi connectivity index (χ0v) is 15.1. The lowest BCUT2D eigenvalue weighted by Crippen LogP contribution is -3.19. The quantitative estimate of drug-likeness (QED) is 0.775. The van der Waals surface area contributed by atoms with Gasteiger partial charge in [-0.2, -0.15) is 0 Å². The first kappa shape index (κ1) is 16.4. The molecule has 1 atom stereocenters. The lowest BCUT2D eigenvalue weighted by Gasteiger charge is -2.57. The van der Waals surface area contributed by atoms with Crippen molar-refractivity contribution < 1.29 is 14.5 Å². The van der Waals surface area contributed by atoms with Crippen LogP contribution in [0.2, 0.25) is 0 Å². The van der Waals surface area contributed by atoms with Crippen molar-refractivity contribution in [3.05, 3.63) is 0 Å². The van der Waals surface area contributed by atoms with Gasteiger partial charge in [0.25, 0.3) is 5.91 Å². The van der Waals surface area contributed by atoms with Gasteiger partial charge in [0.05, 0.1) is 26.2 Å². The summed E-state index contributed by atoms with van der Waals surface area (Å²) in [6, 6.07) is -0.00730. The number of carbonyl (C=O) groups excluding carboxylic acids is 2. The molecule has 4 bridgehead atoms. The Morgan fingerprint density at radius 1 is 1.04 bits per heavy atom. The molecule has 0 spiro atoms. The highest BCUT2D eigenvalue weighted by Crippen LogP contribution is 2.55. The van der Waals surface area contributed by atoms with Crippen molar-refractivity contribution in [1.82, 2.24) is 10.2 Å². The van der Waals surface area contributed by atoms with E-state index in [0.29, 0.717) is 0 Å². The number of nitrogens with zero attached hydrogens (tertiary/aromatic N) is 1. The van der Waals surface area contributed by atoms with Gasteiger partial charge in [-0.3, -0.25) is 9.59 Å². The van der Waals surface area contributed by atoms with Crippen LogP contribution in [-0.2, 0) is 9.59 Å². The third-order valence-corrected chi connectivity index (χ3v) is 7.28. The fourth-order valence-electron chi connectivity index (χ4n) is 6.36. The van der Waals surface area contributed by atoms with E-state index in [1.54, 1.807) is 6.92 Å². The molecule has 1 saturated heterocycles. The zero-order chi connectivity index (χ0) is 16.9. The van der Waals surface area contributed by atoms with Gasteiger partial charge in [0, 0.05) is 12.5 Å². The number of amides is 2. The average molecular weight is 334 g/mol. The van der Waals surface area contributed by atoms with Crippen LogP contribution in [0.3, 0.4) is 0 Å². The third kappa shape index (κ3) is 2.96. The summed E-state index contributed by atoms with van der Waals surface area (Å²) in [6.45, 7) is 7.02. The van der Waals surface area contributed by atoms with E-state index in [1.807, 2.05) is 4.90 Å². The van der Waals surface area contributed by atoms with E-state index in [0.717, 1.165) is 43.9 Å². The minimum absolute atomic E-state index is 0.00730. The summed E-state index contributed by atoms with van der Waals surface area (Å²) >= 11 is 0. The third-order valence-electron chi connectivity index (χ3n) is 7.28. The smallest absolute Gasteiger partial charge is 0.278 e. The topological polar surface area (TPSA) is 53.9 Å². The largest absolute Gasteiger partial charge is 0.345 e. The second-order valence-corrected chi connectivity index (χ2v) is 9.07. The maximum Gasteiger partial charge on any atom is 0.278 e. The molecule has 0 unspecified atom stereocenters. The maximum atomic E-state index is 12.9. The van der Waals surface area contributed by atoms with E-state index in [9.17, 15) is 9.59 Å². The van der Waals surface area contributed by atoms with Crippen LogP contribution in [0.5, 0.6) is 0 Å². The van der Waals surface area contributed by atoms with Gasteiger partial charge in [-0.05, 0) is 63.2 Å². The summed E-state index contributed by atoms with van der Waals surface area (Å²) in [7, 11) is 0. The lowest BCUT2D eigenvalue weighted by atomic mass is 9.53. The highest BCUT2D eigenvalue weighted by atomic mass is 16.2. The van der Waals surface area contributed by atoms with Crippen molar-refractivity contribution in [3.63, 3.8) is 0 Å². The fourth-order valence-corrected chi connectivity index (χ4v) is 6.36. The van der Waals surface area contributed by atoms with Crippen molar-refractivity contribution >= 4 is 11.8 Å². The van der Waals surface area contributed by atoms with Gasteiger partial charge in [0.15, 0.2) is 6.04 Å². The summed E-state index contributed by atoms with van der Waals surface area (Å²) < 4.78 is 0. The van der Waals surface area contributed by atoms with Crippen LogP contribution in [0.25, 0.3) is 0 Å². The molecule has 5 heteroatoms. The van der Waals surface area contributed by atoms with Crippen molar-refractivity contribution in [1.29, 1.82) is 0 Å². The number of hydrogen-bond acceptors (Lipinski definition) is 2. The summed E-state index contributed by atoms with van der Waals surface area (Å²) in [5.41, 5.74) is 0.112. The molecular weight excluding hydrogens is 302 g/mol. The van der Waals surface area contributed by atoms with Gasteiger partial charge in [-0.1, -0.05) is 0 Å². The van der Waals surface area contributed by atoms with Gasteiger partial charge >= 0.3 is 0 Å². The first-order valence-corrected chi connectivity index (χ1v) is 9.86. The summed E-state index contributed by atoms with van der Waals surface area (Å²) in [6.07, 6.45) is 7.86. The molecule has 2 N–H and O–H groups in total. The molecule has 5 aliphatic rings. The SMILES string of the molecule is CC(=O)N1CC[NH+]([C@@H](C)C(=O)NC23CC4CC(CC(C4)C2)C3)CC1. The number of nitrogens with one attached hydrogen (secondary N) is 2. The van der Waals surface area contributed by atoms with Crippen LogP contribution >= 0.6 is 0 Å². The molecule has 0 aromatic heterocycles. The van der Waals surface area contributed by atoms with Crippen LogP contribution in [0.1, 0.15) is 52.4 Å². The molecular formula is C19H32N3O2+. The molecule has 24 heavy (non-hydrogen) atoms. The molecule has 1 aliphatic heterocycles. The molecule has 134 valence electrons. The standard InChI is InChI=1S/C19H31N3O2/c1-13(21-3-5-22(6-4-21)14(2)23)18(24)20-19-10-15-7-16(11-19)9-17(8-15)12-19/h13,15-17H,3-12H2,1-2H3,(H,20,24)/p+1/t13-,15?,16?,17?,19?/m0/s1. The Labute approximate surface area is 145 Å². The summed E-state index contributed by atoms with van der Waals surface area (Å²) in [5, 5.41) is 3.52. The van der Waals surface area contributed by atoms with Crippen molar-refractivity contribution in [2.24, 2.45) is 17.8 Å². The number of carbonyl (C=O) groups is 2. The van der Waals surface area contributed by atoms with Gasteiger partial charge in [-0.15, -0.1) is 0 Å². The molecule has 0 radical (unpaired) electrons. The van der Waals surface area contributed by atoms with Crippen LogP contribution in [0.4, 0.5) is 0 Å². The number of piperazine rings is 1. The first-order chi connectivity index (χ1) is 11.4. The number of hydrogen-bond donors (Lipinski definition) is 2. The number of quaternary nitrogens is 1. The Hall–Kier alpha value is -1.10. The predicted molar refractivity (Wildman–Crippen MR) is 91.5 cm³/mol. The first-order valence-electron chi connectivity index (χ1n) is 9.86. The van der Waals surface area contributed by atoms with Crippen molar-refractivity contribution in [3.8, 4) is 0 Å². The second kappa shape index (κ2) is 6.01.